The Bertz CT molecular complexity index is 632. The number of hydrogen-bond acceptors (Lipinski definition) is 2. The number of carbonyl (C=O) groups excluding carboxylic acids is 1. The summed E-state index contributed by atoms with van der Waals surface area (Å²) in [4.78, 5) is 22.0. The maximum Gasteiger partial charge on any atom is 0.335 e. The molecule has 4 heteroatoms. The fraction of sp³-hybridized carbons (Fsp3) is 0.0769. The molecule has 2 rings (SSSR count). The fourth-order valence-electron chi connectivity index (χ4n) is 1.84. The van der Waals surface area contributed by atoms with Gasteiger partial charge in [-0.3, -0.25) is 4.79 Å². The van der Waals surface area contributed by atoms with Crippen LogP contribution in [0.25, 0.3) is 10.8 Å². The van der Waals surface area contributed by atoms with Gasteiger partial charge in [-0.25, -0.2) is 4.79 Å². The van der Waals surface area contributed by atoms with Crippen molar-refractivity contribution in [2.75, 3.05) is 0 Å². The highest BCUT2D eigenvalue weighted by molar-refractivity contribution is 6.67. The number of carbonyl (C=O) groups is 2. The second-order valence-electron chi connectivity index (χ2n) is 3.75. The van der Waals surface area contributed by atoms with Gasteiger partial charge in [0, 0.05) is 5.56 Å². The summed E-state index contributed by atoms with van der Waals surface area (Å²) in [6.45, 7) is 1.74. The van der Waals surface area contributed by atoms with E-state index >= 15 is 0 Å². The summed E-state index contributed by atoms with van der Waals surface area (Å²) in [6, 6.07) is 8.17. The molecule has 0 unspecified atom stereocenters. The second kappa shape index (κ2) is 4.18. The molecule has 3 nitrogen and oxygen atoms in total. The van der Waals surface area contributed by atoms with Crippen LogP contribution in [-0.4, -0.2) is 16.3 Å². The molecule has 0 aliphatic rings. The number of hydrogen-bond donors (Lipinski definition) is 1. The molecule has 0 fully saturated rings. The number of fused-ring (bicyclic) bond motifs is 1. The minimum absolute atomic E-state index is 0.266. The van der Waals surface area contributed by atoms with Crippen LogP contribution in [0, 0.1) is 6.92 Å². The average Bonchev–Trinajstić information content (AvgIpc) is 2.28. The Labute approximate surface area is 103 Å². The van der Waals surface area contributed by atoms with Crippen molar-refractivity contribution in [3.8, 4) is 0 Å². The van der Waals surface area contributed by atoms with Crippen molar-refractivity contribution in [3.05, 3.63) is 47.0 Å². The molecule has 2 aromatic rings. The first-order valence-electron chi connectivity index (χ1n) is 4.97. The molecule has 0 aromatic heterocycles. The van der Waals surface area contributed by atoms with Crippen molar-refractivity contribution >= 4 is 33.6 Å². The van der Waals surface area contributed by atoms with E-state index in [0.717, 1.165) is 10.8 Å². The highest BCUT2D eigenvalue weighted by Crippen LogP contribution is 2.23. The lowest BCUT2D eigenvalue weighted by molar-refractivity contribution is 0.0696. The van der Waals surface area contributed by atoms with Crippen LogP contribution in [0.5, 0.6) is 0 Å². The minimum Gasteiger partial charge on any atom is -0.478 e. The van der Waals surface area contributed by atoms with E-state index in [1.807, 2.05) is 0 Å². The summed E-state index contributed by atoms with van der Waals surface area (Å²) < 4.78 is 0. The molecule has 0 aliphatic carbocycles. The van der Waals surface area contributed by atoms with Crippen LogP contribution in [-0.2, 0) is 0 Å². The monoisotopic (exact) mass is 248 g/mol. The fourth-order valence-corrected chi connectivity index (χ4v) is 1.96. The Kier molecular flexibility index (Phi) is 2.86. The highest BCUT2D eigenvalue weighted by atomic mass is 35.5. The number of aromatic carboxylic acids is 1. The lowest BCUT2D eigenvalue weighted by atomic mass is 9.99. The topological polar surface area (TPSA) is 54.4 Å². The molecule has 0 amide bonds. The number of aryl methyl sites for hydroxylation is 1. The van der Waals surface area contributed by atoms with Gasteiger partial charge in [0.05, 0.1) is 5.56 Å². The molecule has 0 atom stereocenters. The zero-order valence-corrected chi connectivity index (χ0v) is 9.78. The van der Waals surface area contributed by atoms with Gasteiger partial charge in [0.15, 0.2) is 0 Å². The van der Waals surface area contributed by atoms with Gasteiger partial charge >= 0.3 is 5.97 Å². The van der Waals surface area contributed by atoms with Crippen molar-refractivity contribution in [2.24, 2.45) is 0 Å². The highest BCUT2D eigenvalue weighted by Gasteiger charge is 2.10. The lowest BCUT2D eigenvalue weighted by Gasteiger charge is -2.06. The normalized spacial score (nSPS) is 10.5. The summed E-state index contributed by atoms with van der Waals surface area (Å²) in [5.74, 6) is -0.957. The Hall–Kier alpha value is -1.87. The third-order valence-corrected chi connectivity index (χ3v) is 2.96. The summed E-state index contributed by atoms with van der Waals surface area (Å²) in [5, 5.41) is 10.1. The molecule has 1 N–H and O–H groups in total. The van der Waals surface area contributed by atoms with Gasteiger partial charge in [-0.15, -0.1) is 0 Å². The van der Waals surface area contributed by atoms with Crippen LogP contribution in [0.15, 0.2) is 30.3 Å². The van der Waals surface area contributed by atoms with Crippen molar-refractivity contribution in [3.63, 3.8) is 0 Å². The maximum absolute atomic E-state index is 11.0. The first-order valence-corrected chi connectivity index (χ1v) is 5.35. The number of carboxylic acids is 1. The van der Waals surface area contributed by atoms with Gasteiger partial charge in [-0.05, 0) is 53.1 Å². The molecule has 86 valence electrons. The quantitative estimate of drug-likeness (QED) is 0.830. The zero-order valence-electron chi connectivity index (χ0n) is 9.03. The summed E-state index contributed by atoms with van der Waals surface area (Å²) in [5.41, 5.74) is 1.35. The second-order valence-corrected chi connectivity index (χ2v) is 4.10. The molecule has 0 aliphatic heterocycles. The predicted molar refractivity (Wildman–Crippen MR) is 65.8 cm³/mol. The third kappa shape index (κ3) is 2.01. The van der Waals surface area contributed by atoms with Gasteiger partial charge in [0.1, 0.15) is 0 Å². The van der Waals surface area contributed by atoms with E-state index in [1.165, 1.54) is 6.07 Å². The van der Waals surface area contributed by atoms with Gasteiger partial charge in [0.2, 0.25) is 0 Å². The molecule has 0 spiro atoms. The molecule has 2 aromatic carbocycles. The van der Waals surface area contributed by atoms with Crippen molar-refractivity contribution in [2.45, 2.75) is 6.92 Å². The molecular formula is C13H9ClO3. The first-order chi connectivity index (χ1) is 8.00. The van der Waals surface area contributed by atoms with Crippen LogP contribution >= 0.6 is 11.6 Å². The van der Waals surface area contributed by atoms with Gasteiger partial charge in [-0.2, -0.15) is 0 Å². The largest absolute Gasteiger partial charge is 0.478 e. The molecule has 0 heterocycles. The first kappa shape index (κ1) is 11.6. The summed E-state index contributed by atoms with van der Waals surface area (Å²) >= 11 is 5.39. The molecule has 17 heavy (non-hydrogen) atoms. The standard InChI is InChI=1S/C13H9ClO3/c1-7-10-4-3-9(12(14)15)6-8(10)2-5-11(7)13(16)17/h2-6H,1H3,(H,16,17). The van der Waals surface area contributed by atoms with E-state index in [2.05, 4.69) is 0 Å². The molecule has 0 bridgehead atoms. The summed E-state index contributed by atoms with van der Waals surface area (Å²) in [7, 11) is 0. The Morgan fingerprint density at radius 2 is 1.88 bits per heavy atom. The maximum atomic E-state index is 11.0. The zero-order chi connectivity index (χ0) is 12.6. The Balaban J connectivity index is 2.72. The van der Waals surface area contributed by atoms with E-state index in [9.17, 15) is 9.59 Å². The van der Waals surface area contributed by atoms with Crippen LogP contribution in [0.2, 0.25) is 0 Å². The van der Waals surface area contributed by atoms with E-state index < -0.39 is 11.2 Å². The summed E-state index contributed by atoms with van der Waals surface area (Å²) in [6.07, 6.45) is 0. The van der Waals surface area contributed by atoms with Crippen LogP contribution in [0.4, 0.5) is 0 Å². The van der Waals surface area contributed by atoms with E-state index in [-0.39, 0.29) is 5.56 Å². The van der Waals surface area contributed by atoms with E-state index in [1.54, 1.807) is 31.2 Å². The molecule has 0 saturated heterocycles. The van der Waals surface area contributed by atoms with Crippen LogP contribution in [0.3, 0.4) is 0 Å². The predicted octanol–water partition coefficient (Wildman–Crippen LogP) is 3.23. The molecule has 0 saturated carbocycles. The Morgan fingerprint density at radius 3 is 2.47 bits per heavy atom. The molecular weight excluding hydrogens is 240 g/mol. The SMILES string of the molecule is Cc1c(C(=O)O)ccc2cc(C(=O)Cl)ccc12. The number of halogens is 1. The van der Waals surface area contributed by atoms with E-state index in [0.29, 0.717) is 11.1 Å². The van der Waals surface area contributed by atoms with Crippen molar-refractivity contribution in [1.29, 1.82) is 0 Å². The van der Waals surface area contributed by atoms with Gasteiger partial charge < -0.3 is 5.11 Å². The average molecular weight is 249 g/mol. The van der Waals surface area contributed by atoms with Gasteiger partial charge in [-0.1, -0.05) is 12.1 Å². The van der Waals surface area contributed by atoms with Crippen LogP contribution in [0.1, 0.15) is 26.3 Å². The minimum atomic E-state index is -0.957. The smallest absolute Gasteiger partial charge is 0.335 e. The van der Waals surface area contributed by atoms with Crippen molar-refractivity contribution < 1.29 is 14.7 Å². The third-order valence-electron chi connectivity index (χ3n) is 2.75. The number of rotatable bonds is 2. The van der Waals surface area contributed by atoms with Gasteiger partial charge in [0.25, 0.3) is 5.24 Å². The molecule has 0 radical (unpaired) electrons. The Morgan fingerprint density at radius 1 is 1.18 bits per heavy atom. The number of benzene rings is 2. The lowest BCUT2D eigenvalue weighted by Crippen LogP contribution is -2.00. The van der Waals surface area contributed by atoms with Crippen LogP contribution < -0.4 is 0 Å². The van der Waals surface area contributed by atoms with Crippen molar-refractivity contribution in [1.82, 2.24) is 0 Å². The number of carboxylic acid groups (broad SMARTS) is 1. The van der Waals surface area contributed by atoms with E-state index in [4.69, 9.17) is 16.7 Å².